The van der Waals surface area contributed by atoms with Crippen molar-refractivity contribution < 1.29 is 19.0 Å². The van der Waals surface area contributed by atoms with Gasteiger partial charge in [0, 0.05) is 14.2 Å². The summed E-state index contributed by atoms with van der Waals surface area (Å²) in [5.74, 6) is 0.140. The number of carbonyl (C=O) groups excluding carboxylic acids is 1. The number of ether oxygens (including phenoxy) is 3. The highest BCUT2D eigenvalue weighted by Gasteiger charge is 2.09. The Morgan fingerprint density at radius 1 is 0.714 bits per heavy atom. The summed E-state index contributed by atoms with van der Waals surface area (Å²) in [4.78, 5) is 12.4. The quantitative estimate of drug-likeness (QED) is 0.414. The maximum absolute atomic E-state index is 12.4. The average molecular weight is 376 g/mol. The first kappa shape index (κ1) is 19.8. The zero-order valence-corrected chi connectivity index (χ0v) is 16.2. The molecule has 3 aromatic carbocycles. The molecule has 28 heavy (non-hydrogen) atoms. The van der Waals surface area contributed by atoms with E-state index in [4.69, 9.17) is 14.2 Å². The van der Waals surface area contributed by atoms with Crippen molar-refractivity contribution in [3.05, 3.63) is 89.5 Å². The highest BCUT2D eigenvalue weighted by molar-refractivity contribution is 5.91. The van der Waals surface area contributed by atoms with Gasteiger partial charge in [0.25, 0.3) is 0 Å². The smallest absolute Gasteiger partial charge is 0.343 e. The van der Waals surface area contributed by atoms with Crippen molar-refractivity contribution in [3.63, 3.8) is 0 Å². The van der Waals surface area contributed by atoms with E-state index in [1.807, 2.05) is 24.3 Å². The molecule has 0 radical (unpaired) electrons. The Balaban J connectivity index is 1.63. The van der Waals surface area contributed by atoms with Gasteiger partial charge in [0.05, 0.1) is 18.8 Å². The minimum absolute atomic E-state index is 0.374. The second kappa shape index (κ2) is 9.83. The molecule has 0 amide bonds. The van der Waals surface area contributed by atoms with Gasteiger partial charge in [-0.05, 0) is 52.9 Å². The normalized spacial score (nSPS) is 10.6. The molecule has 0 aliphatic heterocycles. The van der Waals surface area contributed by atoms with E-state index in [9.17, 15) is 4.79 Å². The van der Waals surface area contributed by atoms with Crippen LogP contribution >= 0.6 is 0 Å². The Bertz CT molecular complexity index is 881. The van der Waals surface area contributed by atoms with E-state index in [2.05, 4.69) is 24.3 Å². The first-order valence-corrected chi connectivity index (χ1v) is 9.18. The average Bonchev–Trinajstić information content (AvgIpc) is 2.74. The predicted octanol–water partition coefficient (Wildman–Crippen LogP) is 4.91. The number of benzene rings is 3. The molecule has 0 heterocycles. The van der Waals surface area contributed by atoms with Gasteiger partial charge in [0.15, 0.2) is 0 Å². The summed E-state index contributed by atoms with van der Waals surface area (Å²) in [7, 11) is 3.35. The van der Waals surface area contributed by atoms with Crippen LogP contribution in [0.5, 0.6) is 5.75 Å². The fourth-order valence-electron chi connectivity index (χ4n) is 2.87. The van der Waals surface area contributed by atoms with E-state index in [-0.39, 0.29) is 5.97 Å². The van der Waals surface area contributed by atoms with Gasteiger partial charge in [-0.1, -0.05) is 48.5 Å². The van der Waals surface area contributed by atoms with Crippen molar-refractivity contribution >= 4 is 5.97 Å². The maximum Gasteiger partial charge on any atom is 0.343 e. The van der Waals surface area contributed by atoms with Crippen LogP contribution in [0.1, 0.15) is 21.5 Å². The molecule has 0 saturated heterocycles. The van der Waals surface area contributed by atoms with Crippen LogP contribution in [0.2, 0.25) is 0 Å². The van der Waals surface area contributed by atoms with Crippen molar-refractivity contribution in [1.82, 2.24) is 0 Å². The Morgan fingerprint density at radius 3 is 1.86 bits per heavy atom. The summed E-state index contributed by atoms with van der Waals surface area (Å²) in [6.07, 6.45) is 0.897. The van der Waals surface area contributed by atoms with Crippen molar-refractivity contribution in [2.75, 3.05) is 20.8 Å². The summed E-state index contributed by atoms with van der Waals surface area (Å²) in [5, 5.41) is 0. The topological polar surface area (TPSA) is 44.8 Å². The SMILES string of the molecule is COCCc1ccc(-c2ccc(C(=O)Oc3ccc(COC)cc3)cc2)cc1. The summed E-state index contributed by atoms with van der Waals surface area (Å²) in [6, 6.07) is 23.1. The molecule has 0 aromatic heterocycles. The lowest BCUT2D eigenvalue weighted by molar-refractivity contribution is 0.0734. The molecule has 0 aliphatic rings. The third kappa shape index (κ3) is 5.28. The zero-order chi connectivity index (χ0) is 19.8. The Morgan fingerprint density at radius 2 is 1.29 bits per heavy atom. The summed E-state index contributed by atoms with van der Waals surface area (Å²) in [6.45, 7) is 1.24. The van der Waals surface area contributed by atoms with Gasteiger partial charge in [-0.2, -0.15) is 0 Å². The molecule has 144 valence electrons. The molecule has 4 heteroatoms. The highest BCUT2D eigenvalue weighted by Crippen LogP contribution is 2.21. The molecule has 0 unspecified atom stereocenters. The Labute approximate surface area is 165 Å². The van der Waals surface area contributed by atoms with Crippen molar-refractivity contribution in [2.24, 2.45) is 0 Å². The van der Waals surface area contributed by atoms with Crippen LogP contribution in [0, 0.1) is 0 Å². The molecule has 4 nitrogen and oxygen atoms in total. The van der Waals surface area contributed by atoms with Gasteiger partial charge in [-0.15, -0.1) is 0 Å². The monoisotopic (exact) mass is 376 g/mol. The van der Waals surface area contributed by atoms with Gasteiger partial charge < -0.3 is 14.2 Å². The van der Waals surface area contributed by atoms with Crippen molar-refractivity contribution in [2.45, 2.75) is 13.0 Å². The van der Waals surface area contributed by atoms with Crippen LogP contribution < -0.4 is 4.74 Å². The molecular weight excluding hydrogens is 352 g/mol. The maximum atomic E-state index is 12.4. The molecule has 0 fully saturated rings. The number of rotatable bonds is 8. The molecule has 0 saturated carbocycles. The van der Waals surface area contributed by atoms with E-state index >= 15 is 0 Å². The minimum Gasteiger partial charge on any atom is -0.423 e. The second-order valence-electron chi connectivity index (χ2n) is 6.48. The summed E-state index contributed by atoms with van der Waals surface area (Å²) in [5.41, 5.74) is 4.94. The summed E-state index contributed by atoms with van der Waals surface area (Å²) < 4.78 is 15.6. The molecular formula is C24H24O4. The largest absolute Gasteiger partial charge is 0.423 e. The molecule has 0 N–H and O–H groups in total. The van der Waals surface area contributed by atoms with Gasteiger partial charge in [-0.3, -0.25) is 0 Å². The van der Waals surface area contributed by atoms with Gasteiger partial charge in [0.1, 0.15) is 5.75 Å². The van der Waals surface area contributed by atoms with Crippen molar-refractivity contribution in [3.8, 4) is 16.9 Å². The van der Waals surface area contributed by atoms with E-state index in [1.165, 1.54) is 5.56 Å². The van der Waals surface area contributed by atoms with Crippen molar-refractivity contribution in [1.29, 1.82) is 0 Å². The van der Waals surface area contributed by atoms with Crippen LogP contribution in [0.4, 0.5) is 0 Å². The second-order valence-corrected chi connectivity index (χ2v) is 6.48. The first-order chi connectivity index (χ1) is 13.7. The Hall–Kier alpha value is -2.95. The van der Waals surface area contributed by atoms with E-state index in [0.29, 0.717) is 24.5 Å². The lowest BCUT2D eigenvalue weighted by atomic mass is 10.0. The highest BCUT2D eigenvalue weighted by atomic mass is 16.5. The number of hydrogen-bond donors (Lipinski definition) is 0. The number of hydrogen-bond acceptors (Lipinski definition) is 4. The minimum atomic E-state index is -0.374. The molecule has 0 bridgehead atoms. The third-order valence-electron chi connectivity index (χ3n) is 4.45. The lowest BCUT2D eigenvalue weighted by Crippen LogP contribution is -2.08. The molecule has 0 atom stereocenters. The fourth-order valence-corrected chi connectivity index (χ4v) is 2.87. The predicted molar refractivity (Wildman–Crippen MR) is 110 cm³/mol. The van der Waals surface area contributed by atoms with Gasteiger partial charge in [-0.25, -0.2) is 4.79 Å². The fraction of sp³-hybridized carbons (Fsp3) is 0.208. The summed E-state index contributed by atoms with van der Waals surface area (Å²) >= 11 is 0. The van der Waals surface area contributed by atoms with E-state index in [1.54, 1.807) is 38.5 Å². The van der Waals surface area contributed by atoms with E-state index in [0.717, 1.165) is 23.1 Å². The van der Waals surface area contributed by atoms with Crippen LogP contribution in [0.25, 0.3) is 11.1 Å². The van der Waals surface area contributed by atoms with Crippen LogP contribution in [0.3, 0.4) is 0 Å². The Kier molecular flexibility index (Phi) is 6.95. The van der Waals surface area contributed by atoms with E-state index < -0.39 is 0 Å². The first-order valence-electron chi connectivity index (χ1n) is 9.18. The van der Waals surface area contributed by atoms with Crippen LogP contribution in [0.15, 0.2) is 72.8 Å². The number of methoxy groups -OCH3 is 2. The number of esters is 1. The molecule has 0 aliphatic carbocycles. The lowest BCUT2D eigenvalue weighted by Gasteiger charge is -2.07. The molecule has 0 spiro atoms. The van der Waals surface area contributed by atoms with Crippen LogP contribution in [-0.4, -0.2) is 26.8 Å². The molecule has 3 rings (SSSR count). The van der Waals surface area contributed by atoms with Gasteiger partial charge in [0.2, 0.25) is 0 Å². The molecule has 3 aromatic rings. The standard InChI is InChI=1S/C24H24O4/c1-26-16-15-18-3-7-20(8-4-18)21-9-11-22(12-10-21)24(25)28-23-13-5-19(6-14-23)17-27-2/h3-14H,15-17H2,1-2H3. The number of carbonyl (C=O) groups is 1. The third-order valence-corrected chi connectivity index (χ3v) is 4.45. The zero-order valence-electron chi connectivity index (χ0n) is 16.2. The van der Waals surface area contributed by atoms with Crippen LogP contribution in [-0.2, 0) is 22.5 Å². The van der Waals surface area contributed by atoms with Gasteiger partial charge >= 0.3 is 5.97 Å².